The second-order valence-corrected chi connectivity index (χ2v) is 9.59. The fourth-order valence-corrected chi connectivity index (χ4v) is 4.39. The topological polar surface area (TPSA) is 123 Å². The number of anilines is 1. The largest absolute Gasteiger partial charge is 0.480 e. The van der Waals surface area contributed by atoms with E-state index in [0.29, 0.717) is 0 Å². The number of benzene rings is 2. The molecule has 1 aromatic heterocycles. The van der Waals surface area contributed by atoms with E-state index in [1.54, 1.807) is 20.8 Å². The third-order valence-electron chi connectivity index (χ3n) is 6.12. The Hall–Kier alpha value is -4.14. The summed E-state index contributed by atoms with van der Waals surface area (Å²) in [4.78, 5) is 37.2. The van der Waals surface area contributed by atoms with E-state index in [2.05, 4.69) is 27.9 Å². The summed E-state index contributed by atoms with van der Waals surface area (Å²) in [6.07, 6.45) is 0.586. The van der Waals surface area contributed by atoms with Crippen molar-refractivity contribution in [2.75, 3.05) is 11.9 Å². The molecule has 1 heterocycles. The number of aryl methyl sites for hydroxylation is 1. The van der Waals surface area contributed by atoms with Crippen molar-refractivity contribution in [3.05, 3.63) is 71.5 Å². The number of aliphatic carboxylic acids is 1. The summed E-state index contributed by atoms with van der Waals surface area (Å²) in [6.45, 7) is 5.26. The fraction of sp³-hybridized carbons (Fsp3) is 0.308. The SMILES string of the molecule is Cn1ncc(NC(=O)OCC2c3ccccc3-c3ccccc32)c1C(=O)NC(C(=O)O)C(C)(C)C. The molecule has 0 radical (unpaired) electrons. The minimum Gasteiger partial charge on any atom is -0.480 e. The van der Waals surface area contributed by atoms with E-state index in [-0.39, 0.29) is 23.9 Å². The van der Waals surface area contributed by atoms with Crippen LogP contribution in [-0.4, -0.2) is 45.5 Å². The maximum atomic E-state index is 12.9. The highest BCUT2D eigenvalue weighted by atomic mass is 16.5. The molecule has 0 saturated carbocycles. The van der Waals surface area contributed by atoms with Crippen molar-refractivity contribution >= 4 is 23.7 Å². The minimum absolute atomic E-state index is 0.0222. The predicted octanol–water partition coefficient (Wildman–Crippen LogP) is 4.01. The molecule has 1 atom stereocenters. The second kappa shape index (κ2) is 9.25. The summed E-state index contributed by atoms with van der Waals surface area (Å²) in [7, 11) is 1.53. The number of carbonyl (C=O) groups is 3. The first-order valence-electron chi connectivity index (χ1n) is 11.3. The van der Waals surface area contributed by atoms with Gasteiger partial charge in [0.05, 0.1) is 11.9 Å². The first kappa shape index (κ1) is 24.0. The van der Waals surface area contributed by atoms with Gasteiger partial charge in [0.15, 0.2) is 0 Å². The molecule has 3 aromatic rings. The molecule has 182 valence electrons. The molecule has 9 heteroatoms. The molecule has 1 unspecified atom stereocenters. The lowest BCUT2D eigenvalue weighted by Gasteiger charge is -2.27. The zero-order chi connectivity index (χ0) is 25.3. The molecule has 4 rings (SSSR count). The van der Waals surface area contributed by atoms with Gasteiger partial charge in [-0.3, -0.25) is 14.8 Å². The quantitative estimate of drug-likeness (QED) is 0.494. The van der Waals surface area contributed by atoms with E-state index in [9.17, 15) is 19.5 Å². The third-order valence-corrected chi connectivity index (χ3v) is 6.12. The van der Waals surface area contributed by atoms with Gasteiger partial charge >= 0.3 is 12.1 Å². The summed E-state index contributed by atoms with van der Waals surface area (Å²) in [5.74, 6) is -1.92. The summed E-state index contributed by atoms with van der Waals surface area (Å²) in [5, 5.41) is 18.7. The number of nitrogens with zero attached hydrogens (tertiary/aromatic N) is 2. The van der Waals surface area contributed by atoms with Gasteiger partial charge in [0.25, 0.3) is 5.91 Å². The lowest BCUT2D eigenvalue weighted by Crippen LogP contribution is -2.49. The molecule has 0 spiro atoms. The Morgan fingerprint density at radius 1 is 1.06 bits per heavy atom. The van der Waals surface area contributed by atoms with Crippen LogP contribution in [0.25, 0.3) is 11.1 Å². The number of aromatic nitrogens is 2. The molecule has 2 aromatic carbocycles. The van der Waals surface area contributed by atoms with Gasteiger partial charge in [0, 0.05) is 13.0 Å². The van der Waals surface area contributed by atoms with E-state index in [4.69, 9.17) is 4.74 Å². The van der Waals surface area contributed by atoms with Crippen molar-refractivity contribution in [2.24, 2.45) is 12.5 Å². The van der Waals surface area contributed by atoms with Crippen LogP contribution in [0.2, 0.25) is 0 Å². The average molecular weight is 477 g/mol. The third kappa shape index (κ3) is 4.75. The van der Waals surface area contributed by atoms with Crippen LogP contribution in [0, 0.1) is 5.41 Å². The van der Waals surface area contributed by atoms with Crippen LogP contribution in [0.4, 0.5) is 10.5 Å². The Bertz CT molecular complexity index is 1250. The van der Waals surface area contributed by atoms with Crippen molar-refractivity contribution in [3.8, 4) is 11.1 Å². The van der Waals surface area contributed by atoms with Crippen LogP contribution >= 0.6 is 0 Å². The van der Waals surface area contributed by atoms with Gasteiger partial charge in [0.2, 0.25) is 0 Å². The molecular weight excluding hydrogens is 448 g/mol. The molecule has 0 saturated heterocycles. The number of fused-ring (bicyclic) bond motifs is 3. The number of hydrogen-bond acceptors (Lipinski definition) is 5. The Morgan fingerprint density at radius 3 is 2.17 bits per heavy atom. The van der Waals surface area contributed by atoms with Crippen LogP contribution in [0.3, 0.4) is 0 Å². The number of amides is 2. The first-order chi connectivity index (χ1) is 16.6. The summed E-state index contributed by atoms with van der Waals surface area (Å²) in [5.41, 5.74) is 3.84. The van der Waals surface area contributed by atoms with Crippen LogP contribution in [-0.2, 0) is 16.6 Å². The summed E-state index contributed by atoms with van der Waals surface area (Å²) < 4.78 is 6.82. The van der Waals surface area contributed by atoms with Crippen molar-refractivity contribution in [3.63, 3.8) is 0 Å². The van der Waals surface area contributed by atoms with E-state index < -0.39 is 29.4 Å². The minimum atomic E-state index is -1.15. The van der Waals surface area contributed by atoms with Gasteiger partial charge in [-0.05, 0) is 27.7 Å². The van der Waals surface area contributed by atoms with E-state index in [1.165, 1.54) is 17.9 Å². The molecule has 1 aliphatic carbocycles. The van der Waals surface area contributed by atoms with E-state index in [0.717, 1.165) is 22.3 Å². The molecule has 0 bridgehead atoms. The van der Waals surface area contributed by atoms with Gasteiger partial charge < -0.3 is 15.2 Å². The normalized spacial score (nSPS) is 13.5. The Balaban J connectivity index is 1.47. The lowest BCUT2D eigenvalue weighted by atomic mass is 9.86. The summed E-state index contributed by atoms with van der Waals surface area (Å²) >= 11 is 0. The van der Waals surface area contributed by atoms with Gasteiger partial charge in [-0.15, -0.1) is 0 Å². The fourth-order valence-electron chi connectivity index (χ4n) is 4.39. The molecular formula is C26H28N4O5. The Morgan fingerprint density at radius 2 is 1.63 bits per heavy atom. The molecule has 3 N–H and O–H groups in total. The van der Waals surface area contributed by atoms with Gasteiger partial charge in [-0.25, -0.2) is 9.59 Å². The van der Waals surface area contributed by atoms with Crippen LogP contribution in [0.1, 0.15) is 48.3 Å². The standard InChI is InChI=1S/C26H28N4O5/c1-26(2,3)22(24(32)33)29-23(31)21-20(13-27-30(21)4)28-25(34)35-14-19-17-11-7-5-9-15(17)16-10-6-8-12-18(16)19/h5-13,19,22H,14H2,1-4H3,(H,28,34)(H,29,31)(H,32,33). The number of hydrogen-bond donors (Lipinski definition) is 3. The zero-order valence-corrected chi connectivity index (χ0v) is 20.0. The van der Waals surface area contributed by atoms with Crippen LogP contribution in [0.15, 0.2) is 54.7 Å². The highest BCUT2D eigenvalue weighted by Gasteiger charge is 2.34. The Labute approximate surface area is 203 Å². The molecule has 0 aliphatic heterocycles. The monoisotopic (exact) mass is 476 g/mol. The molecule has 35 heavy (non-hydrogen) atoms. The van der Waals surface area contributed by atoms with E-state index >= 15 is 0 Å². The van der Waals surface area contributed by atoms with E-state index in [1.807, 2.05) is 36.4 Å². The second-order valence-electron chi connectivity index (χ2n) is 9.59. The number of rotatable bonds is 6. The number of carbonyl (C=O) groups excluding carboxylic acids is 2. The highest BCUT2D eigenvalue weighted by Crippen LogP contribution is 2.44. The summed E-state index contributed by atoms with van der Waals surface area (Å²) in [6, 6.07) is 14.9. The lowest BCUT2D eigenvalue weighted by molar-refractivity contribution is -0.142. The first-order valence-corrected chi connectivity index (χ1v) is 11.3. The smallest absolute Gasteiger partial charge is 0.411 e. The molecule has 9 nitrogen and oxygen atoms in total. The number of nitrogens with one attached hydrogen (secondary N) is 2. The zero-order valence-electron chi connectivity index (χ0n) is 20.0. The van der Waals surface area contributed by atoms with Crippen LogP contribution in [0.5, 0.6) is 0 Å². The van der Waals surface area contributed by atoms with Gasteiger partial charge in [0.1, 0.15) is 18.3 Å². The van der Waals surface area contributed by atoms with Crippen molar-refractivity contribution in [2.45, 2.75) is 32.7 Å². The van der Waals surface area contributed by atoms with Crippen molar-refractivity contribution < 1.29 is 24.2 Å². The average Bonchev–Trinajstić information content (AvgIpc) is 3.32. The molecule has 0 fully saturated rings. The predicted molar refractivity (Wildman–Crippen MR) is 130 cm³/mol. The van der Waals surface area contributed by atoms with Crippen molar-refractivity contribution in [1.29, 1.82) is 0 Å². The number of carboxylic acids is 1. The van der Waals surface area contributed by atoms with Crippen molar-refractivity contribution in [1.82, 2.24) is 15.1 Å². The van der Waals surface area contributed by atoms with Crippen LogP contribution < -0.4 is 10.6 Å². The molecule has 2 amide bonds. The highest BCUT2D eigenvalue weighted by molar-refractivity contribution is 6.02. The molecule has 1 aliphatic rings. The maximum Gasteiger partial charge on any atom is 0.411 e. The van der Waals surface area contributed by atoms with Gasteiger partial charge in [-0.2, -0.15) is 5.10 Å². The number of ether oxygens (including phenoxy) is 1. The number of carboxylic acid groups (broad SMARTS) is 1. The van der Waals surface area contributed by atoms with Gasteiger partial charge in [-0.1, -0.05) is 69.3 Å². The Kier molecular flexibility index (Phi) is 6.34. The maximum absolute atomic E-state index is 12.9.